The van der Waals surface area contributed by atoms with Crippen molar-refractivity contribution >= 4 is 46.0 Å². The van der Waals surface area contributed by atoms with Crippen LogP contribution in [0.5, 0.6) is 0 Å². The lowest BCUT2D eigenvalue weighted by atomic mass is 10.3. The highest BCUT2D eigenvalue weighted by Gasteiger charge is 2.01. The highest BCUT2D eigenvalue weighted by molar-refractivity contribution is 14.1. The van der Waals surface area contributed by atoms with Crippen molar-refractivity contribution in [1.29, 1.82) is 0 Å². The first kappa shape index (κ1) is 8.71. The fourth-order valence-corrected chi connectivity index (χ4v) is 1.64. The number of isocyanates is 1. The fourth-order valence-electron chi connectivity index (χ4n) is 0.641. The summed E-state index contributed by atoms with van der Waals surface area (Å²) < 4.78 is 0.846. The molecular weight excluding hydrogens is 276 g/mol. The highest BCUT2D eigenvalue weighted by atomic mass is 127. The monoisotopic (exact) mass is 279 g/mol. The largest absolute Gasteiger partial charge is 0.240 e. The van der Waals surface area contributed by atoms with Gasteiger partial charge in [0.2, 0.25) is 6.08 Å². The van der Waals surface area contributed by atoms with Crippen LogP contribution < -0.4 is 0 Å². The number of carbonyl (C=O) groups excluding carboxylic acids is 1. The number of halogens is 2. The van der Waals surface area contributed by atoms with Gasteiger partial charge in [0, 0.05) is 3.57 Å². The van der Waals surface area contributed by atoms with E-state index in [9.17, 15) is 4.79 Å². The van der Waals surface area contributed by atoms with Crippen LogP contribution in [-0.2, 0) is 4.79 Å². The molecule has 0 aliphatic heterocycles. The van der Waals surface area contributed by atoms with Crippen molar-refractivity contribution in [2.75, 3.05) is 0 Å². The average Bonchev–Trinajstić information content (AvgIpc) is 1.97. The van der Waals surface area contributed by atoms with E-state index in [1.807, 2.05) is 6.07 Å². The summed E-state index contributed by atoms with van der Waals surface area (Å²) in [6.45, 7) is 0. The van der Waals surface area contributed by atoms with Crippen molar-refractivity contribution in [2.45, 2.75) is 0 Å². The van der Waals surface area contributed by atoms with Gasteiger partial charge in [0.15, 0.2) is 0 Å². The smallest absolute Gasteiger partial charge is 0.211 e. The molecule has 0 amide bonds. The summed E-state index contributed by atoms with van der Waals surface area (Å²) in [6.07, 6.45) is 1.45. The van der Waals surface area contributed by atoms with Crippen LogP contribution >= 0.6 is 34.2 Å². The Labute approximate surface area is 82.4 Å². The van der Waals surface area contributed by atoms with Gasteiger partial charge in [0.05, 0.1) is 5.02 Å². The first-order valence-electron chi connectivity index (χ1n) is 2.77. The molecule has 0 N–H and O–H groups in total. The van der Waals surface area contributed by atoms with Crippen LogP contribution in [0.15, 0.2) is 23.2 Å². The zero-order valence-corrected chi connectivity index (χ0v) is 8.26. The quantitative estimate of drug-likeness (QED) is 0.441. The van der Waals surface area contributed by atoms with Crippen LogP contribution in [-0.4, -0.2) is 6.08 Å². The summed E-state index contributed by atoms with van der Waals surface area (Å²) in [5, 5.41) is 0.472. The van der Waals surface area contributed by atoms with Crippen molar-refractivity contribution in [3.05, 3.63) is 26.8 Å². The number of hydrogen-bond donors (Lipinski definition) is 0. The maximum atomic E-state index is 9.93. The van der Waals surface area contributed by atoms with Crippen LogP contribution in [0.4, 0.5) is 5.69 Å². The first-order valence-corrected chi connectivity index (χ1v) is 4.23. The molecule has 1 aromatic carbocycles. The van der Waals surface area contributed by atoms with E-state index in [0.29, 0.717) is 10.7 Å². The summed E-state index contributed by atoms with van der Waals surface area (Å²) in [5.74, 6) is 0. The molecule has 2 nitrogen and oxygen atoms in total. The molecule has 0 spiro atoms. The van der Waals surface area contributed by atoms with Crippen LogP contribution in [0, 0.1) is 3.57 Å². The fraction of sp³-hybridized carbons (Fsp3) is 0. The minimum absolute atomic E-state index is 0.472. The lowest BCUT2D eigenvalue weighted by Crippen LogP contribution is -1.73. The SMILES string of the molecule is O=C=Nc1c(Cl)cccc1I. The lowest BCUT2D eigenvalue weighted by Gasteiger charge is -1.96. The molecule has 0 saturated carbocycles. The number of nitrogens with zero attached hydrogens (tertiary/aromatic N) is 1. The molecule has 0 heterocycles. The predicted octanol–water partition coefficient (Wildman–Crippen LogP) is 2.91. The number of hydrogen-bond acceptors (Lipinski definition) is 2. The Morgan fingerprint density at radius 3 is 2.82 bits per heavy atom. The molecule has 0 atom stereocenters. The van der Waals surface area contributed by atoms with Crippen molar-refractivity contribution in [3.8, 4) is 0 Å². The van der Waals surface area contributed by atoms with E-state index in [1.165, 1.54) is 6.08 Å². The second kappa shape index (κ2) is 3.85. The third-order valence-electron chi connectivity index (χ3n) is 1.09. The zero-order valence-electron chi connectivity index (χ0n) is 5.34. The molecule has 1 aromatic rings. The number of rotatable bonds is 1. The van der Waals surface area contributed by atoms with Gasteiger partial charge in [-0.05, 0) is 34.7 Å². The van der Waals surface area contributed by atoms with E-state index in [-0.39, 0.29) is 0 Å². The number of aliphatic imine (C=N–C) groups is 1. The molecule has 0 aliphatic carbocycles. The van der Waals surface area contributed by atoms with E-state index < -0.39 is 0 Å². The van der Waals surface area contributed by atoms with Gasteiger partial charge in [-0.3, -0.25) is 0 Å². The van der Waals surface area contributed by atoms with Gasteiger partial charge < -0.3 is 0 Å². The van der Waals surface area contributed by atoms with Crippen LogP contribution in [0.2, 0.25) is 5.02 Å². The Kier molecular flexibility index (Phi) is 3.05. The maximum absolute atomic E-state index is 9.93. The van der Waals surface area contributed by atoms with Crippen LogP contribution in [0.3, 0.4) is 0 Å². The second-order valence-corrected chi connectivity index (χ2v) is 3.34. The Hall–Kier alpha value is -0.380. The van der Waals surface area contributed by atoms with Gasteiger partial charge in [-0.1, -0.05) is 17.7 Å². The number of para-hydroxylation sites is 1. The summed E-state index contributed by atoms with van der Waals surface area (Å²) in [5.41, 5.74) is 0.491. The first-order chi connectivity index (χ1) is 5.25. The van der Waals surface area contributed by atoms with Crippen molar-refractivity contribution in [3.63, 3.8) is 0 Å². The minimum Gasteiger partial charge on any atom is -0.211 e. The standard InChI is InChI=1S/C7H3ClINO/c8-5-2-1-3-6(9)7(5)10-4-11/h1-3H. The Bertz CT molecular complexity index is 300. The Morgan fingerprint density at radius 2 is 2.27 bits per heavy atom. The van der Waals surface area contributed by atoms with Crippen molar-refractivity contribution in [2.24, 2.45) is 4.99 Å². The molecule has 0 aromatic heterocycles. The molecule has 0 radical (unpaired) electrons. The summed E-state index contributed by atoms with van der Waals surface area (Å²) in [6, 6.07) is 5.30. The zero-order chi connectivity index (χ0) is 8.27. The molecule has 0 fully saturated rings. The average molecular weight is 279 g/mol. The Balaban J connectivity index is 3.31. The molecule has 56 valence electrons. The third kappa shape index (κ3) is 2.02. The van der Waals surface area contributed by atoms with E-state index in [1.54, 1.807) is 12.1 Å². The van der Waals surface area contributed by atoms with Crippen molar-refractivity contribution in [1.82, 2.24) is 0 Å². The summed E-state index contributed by atoms with van der Waals surface area (Å²) in [7, 11) is 0. The summed E-state index contributed by atoms with van der Waals surface area (Å²) in [4.78, 5) is 13.4. The molecule has 0 bridgehead atoms. The normalized spacial score (nSPS) is 8.91. The maximum Gasteiger partial charge on any atom is 0.240 e. The molecule has 0 unspecified atom stereocenters. The number of benzene rings is 1. The summed E-state index contributed by atoms with van der Waals surface area (Å²) >= 11 is 7.78. The minimum atomic E-state index is 0.472. The topological polar surface area (TPSA) is 29.4 Å². The van der Waals surface area contributed by atoms with E-state index in [0.717, 1.165) is 3.57 Å². The van der Waals surface area contributed by atoms with E-state index >= 15 is 0 Å². The molecular formula is C7H3ClINO. The Morgan fingerprint density at radius 1 is 1.55 bits per heavy atom. The van der Waals surface area contributed by atoms with Gasteiger partial charge in [-0.25, -0.2) is 4.79 Å². The van der Waals surface area contributed by atoms with E-state index in [2.05, 4.69) is 27.6 Å². The van der Waals surface area contributed by atoms with Gasteiger partial charge in [0.1, 0.15) is 5.69 Å². The molecule has 0 saturated heterocycles. The molecule has 4 heteroatoms. The van der Waals surface area contributed by atoms with E-state index in [4.69, 9.17) is 11.6 Å². The van der Waals surface area contributed by atoms with Gasteiger partial charge in [-0.2, -0.15) is 4.99 Å². The molecule has 0 aliphatic rings. The van der Waals surface area contributed by atoms with Crippen LogP contribution in [0.1, 0.15) is 0 Å². The highest BCUT2D eigenvalue weighted by Crippen LogP contribution is 2.29. The van der Waals surface area contributed by atoms with Gasteiger partial charge in [0.25, 0.3) is 0 Å². The van der Waals surface area contributed by atoms with Crippen LogP contribution in [0.25, 0.3) is 0 Å². The van der Waals surface area contributed by atoms with Gasteiger partial charge >= 0.3 is 0 Å². The third-order valence-corrected chi connectivity index (χ3v) is 2.27. The second-order valence-electron chi connectivity index (χ2n) is 1.77. The molecule has 1 rings (SSSR count). The predicted molar refractivity (Wildman–Crippen MR) is 52.0 cm³/mol. The lowest BCUT2D eigenvalue weighted by molar-refractivity contribution is 0.565. The van der Waals surface area contributed by atoms with Crippen molar-refractivity contribution < 1.29 is 4.79 Å². The van der Waals surface area contributed by atoms with Gasteiger partial charge in [-0.15, -0.1) is 0 Å². The molecule has 11 heavy (non-hydrogen) atoms.